The average molecular weight is 309 g/mol. The number of halogens is 1. The minimum Gasteiger partial charge on any atom is -0.359 e. The second-order valence-corrected chi connectivity index (χ2v) is 6.24. The summed E-state index contributed by atoms with van der Waals surface area (Å²) in [7, 11) is 1.93. The molecule has 0 radical (unpaired) electrons. The Morgan fingerprint density at radius 1 is 1.43 bits per heavy atom. The summed E-state index contributed by atoms with van der Waals surface area (Å²) in [6, 6.07) is 0.442. The first-order chi connectivity index (χ1) is 10.2. The van der Waals surface area contributed by atoms with Crippen molar-refractivity contribution < 1.29 is 4.79 Å². The molecule has 1 saturated carbocycles. The van der Waals surface area contributed by atoms with Gasteiger partial charge in [-0.2, -0.15) is 4.98 Å². The predicted octanol–water partition coefficient (Wildman–Crippen LogP) is 2.67. The van der Waals surface area contributed by atoms with Gasteiger partial charge in [0.05, 0.1) is 17.9 Å². The first-order valence-electron chi connectivity index (χ1n) is 7.66. The summed E-state index contributed by atoms with van der Waals surface area (Å²) in [5.74, 6) is 0.884. The summed E-state index contributed by atoms with van der Waals surface area (Å²) < 4.78 is 0. The molecule has 21 heavy (non-hydrogen) atoms. The fraction of sp³-hybridized carbons (Fsp3) is 0.667. The molecular formula is C15H21ClN4O. The summed E-state index contributed by atoms with van der Waals surface area (Å²) >= 11 is 6.02. The Labute approximate surface area is 130 Å². The third-order valence-corrected chi connectivity index (χ3v) is 5.00. The summed E-state index contributed by atoms with van der Waals surface area (Å²) in [6.07, 6.45) is 8.49. The highest BCUT2D eigenvalue weighted by Crippen LogP contribution is 2.41. The SMILES string of the molecule is CCC1C(C=O)N(C)c2cnc(Cl)nc2N1C1CCCC1. The standard InChI is InChI=1S/C15H21ClN4O/c1-3-11-13(9-21)19(2)12-8-17-15(16)18-14(12)20(11)10-6-4-5-7-10/h8-11,13H,3-7H2,1-2H3. The topological polar surface area (TPSA) is 49.3 Å². The van der Waals surface area contributed by atoms with Crippen LogP contribution in [0.2, 0.25) is 5.28 Å². The van der Waals surface area contributed by atoms with Gasteiger partial charge in [0.2, 0.25) is 5.28 Å². The second-order valence-electron chi connectivity index (χ2n) is 5.91. The van der Waals surface area contributed by atoms with E-state index in [0.717, 1.165) is 37.1 Å². The zero-order chi connectivity index (χ0) is 15.0. The molecular weight excluding hydrogens is 288 g/mol. The lowest BCUT2D eigenvalue weighted by molar-refractivity contribution is -0.109. The molecule has 5 nitrogen and oxygen atoms in total. The Kier molecular flexibility index (Phi) is 4.02. The van der Waals surface area contributed by atoms with Crippen molar-refractivity contribution in [2.45, 2.75) is 57.2 Å². The Morgan fingerprint density at radius 3 is 2.76 bits per heavy atom. The fourth-order valence-corrected chi connectivity index (χ4v) is 3.90. The van der Waals surface area contributed by atoms with Gasteiger partial charge in [0, 0.05) is 13.1 Å². The molecule has 0 bridgehead atoms. The van der Waals surface area contributed by atoms with Crippen LogP contribution in [-0.4, -0.2) is 41.4 Å². The molecule has 0 aromatic carbocycles. The van der Waals surface area contributed by atoms with Gasteiger partial charge in [-0.3, -0.25) is 0 Å². The number of rotatable bonds is 3. The number of anilines is 2. The van der Waals surface area contributed by atoms with Crippen molar-refractivity contribution in [1.29, 1.82) is 0 Å². The van der Waals surface area contributed by atoms with Gasteiger partial charge in [-0.15, -0.1) is 0 Å². The van der Waals surface area contributed by atoms with E-state index in [0.29, 0.717) is 6.04 Å². The third kappa shape index (κ3) is 2.37. The molecule has 3 rings (SSSR count). The lowest BCUT2D eigenvalue weighted by atomic mass is 9.97. The quantitative estimate of drug-likeness (QED) is 0.635. The van der Waals surface area contributed by atoms with Crippen LogP contribution in [0, 0.1) is 0 Å². The van der Waals surface area contributed by atoms with E-state index in [1.807, 2.05) is 11.9 Å². The van der Waals surface area contributed by atoms with Gasteiger partial charge in [0.15, 0.2) is 5.82 Å². The molecule has 1 fully saturated rings. The first kappa shape index (κ1) is 14.6. The third-order valence-electron chi connectivity index (χ3n) is 4.82. The molecule has 6 heteroatoms. The van der Waals surface area contributed by atoms with Crippen molar-refractivity contribution in [2.24, 2.45) is 0 Å². The van der Waals surface area contributed by atoms with Crippen molar-refractivity contribution in [1.82, 2.24) is 9.97 Å². The normalized spacial score (nSPS) is 26.0. The van der Waals surface area contributed by atoms with Gasteiger partial charge >= 0.3 is 0 Å². The minimum absolute atomic E-state index is 0.147. The molecule has 1 aliphatic carbocycles. The molecule has 2 atom stereocenters. The summed E-state index contributed by atoms with van der Waals surface area (Å²) in [6.45, 7) is 2.13. The molecule has 0 amide bonds. The number of hydrogen-bond acceptors (Lipinski definition) is 5. The Balaban J connectivity index is 2.11. The Bertz CT molecular complexity index is 532. The predicted molar refractivity (Wildman–Crippen MR) is 84.1 cm³/mol. The van der Waals surface area contributed by atoms with E-state index in [2.05, 4.69) is 21.8 Å². The Hall–Kier alpha value is -1.36. The second kappa shape index (κ2) is 5.79. The van der Waals surface area contributed by atoms with Gasteiger partial charge in [0.1, 0.15) is 12.3 Å². The molecule has 2 unspecified atom stereocenters. The highest BCUT2D eigenvalue weighted by molar-refractivity contribution is 6.28. The maximum absolute atomic E-state index is 11.6. The van der Waals surface area contributed by atoms with E-state index < -0.39 is 0 Å². The van der Waals surface area contributed by atoms with E-state index in [1.54, 1.807) is 6.20 Å². The highest BCUT2D eigenvalue weighted by atomic mass is 35.5. The van der Waals surface area contributed by atoms with Gasteiger partial charge in [-0.05, 0) is 30.9 Å². The number of carbonyl (C=O) groups excluding carboxylic acids is 1. The lowest BCUT2D eigenvalue weighted by Gasteiger charge is -2.48. The van der Waals surface area contributed by atoms with Crippen LogP contribution in [-0.2, 0) is 4.79 Å². The van der Waals surface area contributed by atoms with E-state index in [1.165, 1.54) is 12.8 Å². The maximum atomic E-state index is 11.6. The number of hydrogen-bond donors (Lipinski definition) is 0. The maximum Gasteiger partial charge on any atom is 0.224 e. The van der Waals surface area contributed by atoms with Crippen molar-refractivity contribution in [3.63, 3.8) is 0 Å². The van der Waals surface area contributed by atoms with Crippen molar-refractivity contribution in [3.05, 3.63) is 11.5 Å². The van der Waals surface area contributed by atoms with E-state index in [-0.39, 0.29) is 17.4 Å². The minimum atomic E-state index is -0.159. The first-order valence-corrected chi connectivity index (χ1v) is 8.04. The van der Waals surface area contributed by atoms with Crippen LogP contribution in [0.5, 0.6) is 0 Å². The zero-order valence-corrected chi connectivity index (χ0v) is 13.3. The fourth-order valence-electron chi connectivity index (χ4n) is 3.77. The largest absolute Gasteiger partial charge is 0.359 e. The molecule has 1 aliphatic heterocycles. The molecule has 1 aromatic heterocycles. The van der Waals surface area contributed by atoms with Crippen LogP contribution in [0.25, 0.3) is 0 Å². The van der Waals surface area contributed by atoms with Crippen molar-refractivity contribution >= 4 is 29.4 Å². The van der Waals surface area contributed by atoms with Crippen LogP contribution < -0.4 is 9.80 Å². The number of carbonyl (C=O) groups is 1. The summed E-state index contributed by atoms with van der Waals surface area (Å²) in [5, 5.41) is 0.268. The lowest BCUT2D eigenvalue weighted by Crippen LogP contribution is -2.58. The molecule has 0 saturated heterocycles. The van der Waals surface area contributed by atoms with Gasteiger partial charge in [-0.1, -0.05) is 19.8 Å². The Morgan fingerprint density at radius 2 is 2.14 bits per heavy atom. The molecule has 0 spiro atoms. The van der Waals surface area contributed by atoms with Crippen LogP contribution in [0.1, 0.15) is 39.0 Å². The molecule has 2 heterocycles. The van der Waals surface area contributed by atoms with Crippen LogP contribution in [0.15, 0.2) is 6.20 Å². The van der Waals surface area contributed by atoms with Gasteiger partial charge in [0.25, 0.3) is 0 Å². The van der Waals surface area contributed by atoms with Crippen LogP contribution in [0.3, 0.4) is 0 Å². The van der Waals surface area contributed by atoms with Crippen LogP contribution >= 0.6 is 11.6 Å². The zero-order valence-electron chi connectivity index (χ0n) is 12.5. The van der Waals surface area contributed by atoms with Crippen molar-refractivity contribution in [2.75, 3.05) is 16.8 Å². The number of aromatic nitrogens is 2. The van der Waals surface area contributed by atoms with Gasteiger partial charge < -0.3 is 14.6 Å². The summed E-state index contributed by atoms with van der Waals surface area (Å²) in [4.78, 5) is 24.5. The number of aldehydes is 1. The average Bonchev–Trinajstić information content (AvgIpc) is 3.00. The van der Waals surface area contributed by atoms with E-state index in [4.69, 9.17) is 11.6 Å². The van der Waals surface area contributed by atoms with E-state index >= 15 is 0 Å². The van der Waals surface area contributed by atoms with Crippen molar-refractivity contribution in [3.8, 4) is 0 Å². The van der Waals surface area contributed by atoms with E-state index in [9.17, 15) is 4.79 Å². The molecule has 114 valence electrons. The highest BCUT2D eigenvalue weighted by Gasteiger charge is 2.41. The molecule has 0 N–H and O–H groups in total. The summed E-state index contributed by atoms with van der Waals surface area (Å²) in [5.41, 5.74) is 0.896. The van der Waals surface area contributed by atoms with Crippen LogP contribution in [0.4, 0.5) is 11.5 Å². The molecule has 1 aromatic rings. The number of likely N-dealkylation sites (N-methyl/N-ethyl adjacent to an activating group) is 1. The molecule has 2 aliphatic rings. The monoisotopic (exact) mass is 308 g/mol. The smallest absolute Gasteiger partial charge is 0.224 e. The number of fused-ring (bicyclic) bond motifs is 1. The van der Waals surface area contributed by atoms with Gasteiger partial charge in [-0.25, -0.2) is 4.98 Å². The number of nitrogens with zero attached hydrogens (tertiary/aromatic N) is 4.